The van der Waals surface area contributed by atoms with Crippen molar-refractivity contribution >= 4 is 22.8 Å². The van der Waals surface area contributed by atoms with Crippen LogP contribution in [0.25, 0.3) is 11.0 Å². The van der Waals surface area contributed by atoms with Crippen molar-refractivity contribution in [3.05, 3.63) is 39.2 Å². The van der Waals surface area contributed by atoms with Crippen LogP contribution >= 0.6 is 0 Å². The molecule has 25 heavy (non-hydrogen) atoms. The molecule has 2 N–H and O–H groups in total. The number of aliphatic carboxylic acids is 1. The van der Waals surface area contributed by atoms with Crippen molar-refractivity contribution in [2.75, 3.05) is 6.61 Å². The van der Waals surface area contributed by atoms with Gasteiger partial charge in [0, 0.05) is 16.5 Å². The summed E-state index contributed by atoms with van der Waals surface area (Å²) in [6.07, 6.45) is 2.54. The predicted molar refractivity (Wildman–Crippen MR) is 90.0 cm³/mol. The molecule has 0 saturated heterocycles. The van der Waals surface area contributed by atoms with E-state index in [2.05, 4.69) is 5.32 Å². The minimum absolute atomic E-state index is 0.312. The van der Waals surface area contributed by atoms with E-state index < -0.39 is 17.9 Å². The first-order chi connectivity index (χ1) is 11.9. The normalized spacial score (nSPS) is 14.2. The van der Waals surface area contributed by atoms with Crippen molar-refractivity contribution in [2.24, 2.45) is 0 Å². The van der Waals surface area contributed by atoms with E-state index >= 15 is 0 Å². The average molecular weight is 345 g/mol. The lowest BCUT2D eigenvalue weighted by Gasteiger charge is -2.13. The summed E-state index contributed by atoms with van der Waals surface area (Å²) in [5.41, 5.74) is 2.59. The molecule has 1 heterocycles. The average Bonchev–Trinajstić information content (AvgIpc) is 3.05. The molecule has 7 heteroatoms. The van der Waals surface area contributed by atoms with Gasteiger partial charge in [-0.2, -0.15) is 0 Å². The molecule has 7 nitrogen and oxygen atoms in total. The summed E-state index contributed by atoms with van der Waals surface area (Å²) >= 11 is 0. The summed E-state index contributed by atoms with van der Waals surface area (Å²) in [6, 6.07) is 2.58. The SMILES string of the molecule is Cc1c(OCC(=O)N[C@@H](C)C(=O)O)ccc2c3c(c(=O)oc12)CCC3. The largest absolute Gasteiger partial charge is 0.483 e. The molecule has 0 spiro atoms. The lowest BCUT2D eigenvalue weighted by molar-refractivity contribution is -0.141. The highest BCUT2D eigenvalue weighted by molar-refractivity contribution is 5.87. The van der Waals surface area contributed by atoms with E-state index in [0.29, 0.717) is 16.9 Å². The summed E-state index contributed by atoms with van der Waals surface area (Å²) in [6.45, 7) is 2.82. The van der Waals surface area contributed by atoms with Gasteiger partial charge in [-0.15, -0.1) is 0 Å². The van der Waals surface area contributed by atoms with Crippen molar-refractivity contribution in [3.63, 3.8) is 0 Å². The van der Waals surface area contributed by atoms with Crippen molar-refractivity contribution < 1.29 is 23.8 Å². The van der Waals surface area contributed by atoms with E-state index in [0.717, 1.165) is 35.8 Å². The monoisotopic (exact) mass is 345 g/mol. The Kier molecular flexibility index (Phi) is 4.48. The van der Waals surface area contributed by atoms with E-state index in [1.54, 1.807) is 13.0 Å². The number of carbonyl (C=O) groups excluding carboxylic acids is 1. The number of hydrogen-bond donors (Lipinski definition) is 2. The fourth-order valence-corrected chi connectivity index (χ4v) is 3.11. The van der Waals surface area contributed by atoms with E-state index in [1.807, 2.05) is 6.07 Å². The van der Waals surface area contributed by atoms with Gasteiger partial charge in [0.15, 0.2) is 6.61 Å². The maximum absolute atomic E-state index is 12.1. The summed E-state index contributed by atoms with van der Waals surface area (Å²) in [4.78, 5) is 34.6. The molecule has 0 unspecified atom stereocenters. The Labute approximate surface area is 143 Å². The first-order valence-electron chi connectivity index (χ1n) is 8.11. The predicted octanol–water partition coefficient (Wildman–Crippen LogP) is 1.56. The highest BCUT2D eigenvalue weighted by atomic mass is 16.5. The second-order valence-corrected chi connectivity index (χ2v) is 6.18. The number of amides is 1. The summed E-state index contributed by atoms with van der Waals surface area (Å²) in [5, 5.41) is 12.0. The third-order valence-electron chi connectivity index (χ3n) is 4.45. The van der Waals surface area contributed by atoms with Gasteiger partial charge in [-0.1, -0.05) is 0 Å². The zero-order chi connectivity index (χ0) is 18.1. The topological polar surface area (TPSA) is 106 Å². The smallest absolute Gasteiger partial charge is 0.339 e. The number of hydrogen-bond acceptors (Lipinski definition) is 5. The molecule has 1 aromatic carbocycles. The number of carbonyl (C=O) groups is 2. The highest BCUT2D eigenvalue weighted by Crippen LogP contribution is 2.32. The van der Waals surface area contributed by atoms with Crippen LogP contribution in [0.2, 0.25) is 0 Å². The van der Waals surface area contributed by atoms with Gasteiger partial charge in [0.25, 0.3) is 5.91 Å². The minimum Gasteiger partial charge on any atom is -0.483 e. The van der Waals surface area contributed by atoms with Crippen LogP contribution < -0.4 is 15.7 Å². The Morgan fingerprint density at radius 2 is 2.04 bits per heavy atom. The maximum atomic E-state index is 12.1. The lowest BCUT2D eigenvalue weighted by Crippen LogP contribution is -2.40. The van der Waals surface area contributed by atoms with Gasteiger partial charge in [0.1, 0.15) is 17.4 Å². The van der Waals surface area contributed by atoms with Gasteiger partial charge >= 0.3 is 11.6 Å². The molecule has 3 rings (SSSR count). The molecule has 0 fully saturated rings. The van der Waals surface area contributed by atoms with Crippen molar-refractivity contribution in [1.29, 1.82) is 0 Å². The van der Waals surface area contributed by atoms with Crippen molar-refractivity contribution in [1.82, 2.24) is 5.32 Å². The van der Waals surface area contributed by atoms with Gasteiger partial charge in [0.05, 0.1) is 0 Å². The molecule has 1 aliphatic carbocycles. The Morgan fingerprint density at radius 1 is 1.32 bits per heavy atom. The number of aryl methyl sites for hydroxylation is 2. The second kappa shape index (κ2) is 6.58. The van der Waals surface area contributed by atoms with E-state index in [4.69, 9.17) is 14.3 Å². The number of carboxylic acids is 1. The van der Waals surface area contributed by atoms with Crippen molar-refractivity contribution in [3.8, 4) is 5.75 Å². The quantitative estimate of drug-likeness (QED) is 0.797. The van der Waals surface area contributed by atoms with Gasteiger partial charge in [-0.25, -0.2) is 4.79 Å². The van der Waals surface area contributed by atoms with Crippen LogP contribution in [-0.4, -0.2) is 29.6 Å². The molecule has 1 aliphatic rings. The molecular weight excluding hydrogens is 326 g/mol. The third kappa shape index (κ3) is 3.22. The first-order valence-corrected chi connectivity index (χ1v) is 8.11. The van der Waals surface area contributed by atoms with Gasteiger partial charge in [-0.3, -0.25) is 9.59 Å². The number of fused-ring (bicyclic) bond motifs is 3. The fraction of sp³-hybridized carbons (Fsp3) is 0.389. The Morgan fingerprint density at radius 3 is 2.76 bits per heavy atom. The first kappa shape index (κ1) is 17.0. The van der Waals surface area contributed by atoms with Gasteiger partial charge in [0.2, 0.25) is 0 Å². The van der Waals surface area contributed by atoms with Crippen molar-refractivity contribution in [2.45, 2.75) is 39.2 Å². The summed E-state index contributed by atoms with van der Waals surface area (Å²) in [7, 11) is 0. The fourth-order valence-electron chi connectivity index (χ4n) is 3.11. The molecule has 0 radical (unpaired) electrons. The number of nitrogens with one attached hydrogen (secondary N) is 1. The zero-order valence-electron chi connectivity index (χ0n) is 14.0. The molecule has 2 aromatic rings. The molecule has 132 valence electrons. The standard InChI is InChI=1S/C18H19NO6/c1-9-14(24-8-15(20)19-10(2)17(21)22)7-6-12-11-4-3-5-13(11)18(23)25-16(9)12/h6-7,10H,3-5,8H2,1-2H3,(H,19,20)(H,21,22)/t10-/m0/s1. The van der Waals surface area contributed by atoms with Crippen LogP contribution in [0, 0.1) is 6.92 Å². The van der Waals surface area contributed by atoms with E-state index in [9.17, 15) is 14.4 Å². The molecule has 1 aromatic heterocycles. The molecule has 1 amide bonds. The summed E-state index contributed by atoms with van der Waals surface area (Å²) < 4.78 is 10.9. The third-order valence-corrected chi connectivity index (χ3v) is 4.45. The van der Waals surface area contributed by atoms with Crippen LogP contribution in [0.15, 0.2) is 21.3 Å². The number of benzene rings is 1. The number of carboxylic acid groups (broad SMARTS) is 1. The molecular formula is C18H19NO6. The summed E-state index contributed by atoms with van der Waals surface area (Å²) in [5.74, 6) is -1.23. The zero-order valence-corrected chi connectivity index (χ0v) is 14.0. The molecule has 0 aliphatic heterocycles. The Hall–Kier alpha value is -2.83. The minimum atomic E-state index is -1.12. The van der Waals surface area contributed by atoms with Crippen LogP contribution in [-0.2, 0) is 22.4 Å². The number of ether oxygens (including phenoxy) is 1. The van der Waals surface area contributed by atoms with Crippen LogP contribution in [0.1, 0.15) is 30.0 Å². The van der Waals surface area contributed by atoms with E-state index in [1.165, 1.54) is 6.92 Å². The Balaban J connectivity index is 1.83. The van der Waals surface area contributed by atoms with Gasteiger partial charge < -0.3 is 19.6 Å². The highest BCUT2D eigenvalue weighted by Gasteiger charge is 2.21. The molecule has 0 saturated carbocycles. The van der Waals surface area contributed by atoms with Crippen LogP contribution in [0.3, 0.4) is 0 Å². The molecule has 1 atom stereocenters. The van der Waals surface area contributed by atoms with Crippen LogP contribution in [0.4, 0.5) is 0 Å². The Bertz CT molecular complexity index is 914. The lowest BCUT2D eigenvalue weighted by atomic mass is 10.0. The van der Waals surface area contributed by atoms with Gasteiger partial charge in [-0.05, 0) is 50.8 Å². The molecule has 0 bridgehead atoms. The van der Waals surface area contributed by atoms with E-state index in [-0.39, 0.29) is 12.2 Å². The number of rotatable bonds is 5. The van der Waals surface area contributed by atoms with Crippen LogP contribution in [0.5, 0.6) is 5.75 Å². The second-order valence-electron chi connectivity index (χ2n) is 6.18. The maximum Gasteiger partial charge on any atom is 0.339 e.